The molecule has 2 atom stereocenters. The molecule has 1 heterocycles. The lowest BCUT2D eigenvalue weighted by molar-refractivity contribution is -0.124. The second kappa shape index (κ2) is 4.92. The molecule has 1 rings (SSSR count). The van der Waals surface area contributed by atoms with E-state index in [0.29, 0.717) is 24.2 Å². The highest BCUT2D eigenvalue weighted by molar-refractivity contribution is 5.83. The predicted molar refractivity (Wildman–Crippen MR) is 59.3 cm³/mol. The molecule has 0 aromatic carbocycles. The molecule has 2 nitrogen and oxygen atoms in total. The number of rotatable bonds is 4. The molecule has 82 valence electrons. The van der Waals surface area contributed by atoms with E-state index in [9.17, 15) is 4.79 Å². The fourth-order valence-electron chi connectivity index (χ4n) is 2.49. The Morgan fingerprint density at radius 1 is 1.43 bits per heavy atom. The van der Waals surface area contributed by atoms with Gasteiger partial charge in [-0.1, -0.05) is 20.8 Å². The van der Waals surface area contributed by atoms with E-state index in [0.717, 1.165) is 6.54 Å². The fraction of sp³-hybridized carbons (Fsp3) is 0.917. The highest BCUT2D eigenvalue weighted by Gasteiger charge is 2.32. The zero-order chi connectivity index (χ0) is 10.7. The van der Waals surface area contributed by atoms with Crippen molar-refractivity contribution in [2.45, 2.75) is 59.0 Å². The molecule has 0 spiro atoms. The predicted octanol–water partition coefficient (Wildman–Crippen LogP) is 2.47. The lowest BCUT2D eigenvalue weighted by atomic mass is 10.00. The fourth-order valence-corrected chi connectivity index (χ4v) is 2.49. The molecule has 1 aliphatic rings. The standard InChI is InChI=1S/C12H23NO/c1-5-12(14)10(4)13-8-6-7-11(13)9(2)3/h9-11H,5-8H2,1-4H3. The Balaban J connectivity index is 2.62. The maximum atomic E-state index is 11.6. The number of Topliss-reactive ketones (excluding diaryl/α,β-unsaturated/α-hetero) is 1. The van der Waals surface area contributed by atoms with Gasteiger partial charge in [-0.05, 0) is 32.2 Å². The molecule has 1 fully saturated rings. The smallest absolute Gasteiger partial charge is 0.149 e. The molecule has 1 saturated heterocycles. The number of ketones is 1. The van der Waals surface area contributed by atoms with Crippen LogP contribution < -0.4 is 0 Å². The third-order valence-corrected chi connectivity index (χ3v) is 3.42. The van der Waals surface area contributed by atoms with Crippen LogP contribution in [-0.2, 0) is 4.79 Å². The summed E-state index contributed by atoms with van der Waals surface area (Å²) in [5, 5.41) is 0. The second-order valence-electron chi connectivity index (χ2n) is 4.69. The van der Waals surface area contributed by atoms with Crippen LogP contribution in [0.3, 0.4) is 0 Å². The van der Waals surface area contributed by atoms with E-state index in [1.54, 1.807) is 0 Å². The maximum absolute atomic E-state index is 11.6. The van der Waals surface area contributed by atoms with Crippen LogP contribution in [0, 0.1) is 5.92 Å². The summed E-state index contributed by atoms with van der Waals surface area (Å²) < 4.78 is 0. The summed E-state index contributed by atoms with van der Waals surface area (Å²) in [5.74, 6) is 1.06. The molecule has 0 saturated carbocycles. The van der Waals surface area contributed by atoms with Gasteiger partial charge < -0.3 is 0 Å². The van der Waals surface area contributed by atoms with Gasteiger partial charge in [-0.3, -0.25) is 9.69 Å². The van der Waals surface area contributed by atoms with E-state index in [4.69, 9.17) is 0 Å². The Morgan fingerprint density at radius 3 is 2.57 bits per heavy atom. The number of hydrogen-bond donors (Lipinski definition) is 0. The van der Waals surface area contributed by atoms with Crippen LogP contribution in [0.4, 0.5) is 0 Å². The topological polar surface area (TPSA) is 20.3 Å². The Labute approximate surface area is 87.7 Å². The normalized spacial score (nSPS) is 25.6. The molecule has 0 amide bonds. The van der Waals surface area contributed by atoms with Gasteiger partial charge in [-0.2, -0.15) is 0 Å². The van der Waals surface area contributed by atoms with Gasteiger partial charge in [-0.25, -0.2) is 0 Å². The molecular formula is C12H23NO. The number of carbonyl (C=O) groups excluding carboxylic acids is 1. The molecule has 0 aliphatic carbocycles. The molecule has 0 N–H and O–H groups in total. The van der Waals surface area contributed by atoms with Crippen molar-refractivity contribution < 1.29 is 4.79 Å². The second-order valence-corrected chi connectivity index (χ2v) is 4.69. The molecule has 14 heavy (non-hydrogen) atoms. The van der Waals surface area contributed by atoms with Crippen molar-refractivity contribution >= 4 is 5.78 Å². The van der Waals surface area contributed by atoms with Crippen molar-refractivity contribution in [1.29, 1.82) is 0 Å². The van der Waals surface area contributed by atoms with Gasteiger partial charge in [-0.15, -0.1) is 0 Å². The molecule has 2 heteroatoms. The molecule has 0 radical (unpaired) electrons. The summed E-state index contributed by atoms with van der Waals surface area (Å²) in [6.07, 6.45) is 3.19. The van der Waals surface area contributed by atoms with Crippen molar-refractivity contribution in [2.75, 3.05) is 6.54 Å². The lowest BCUT2D eigenvalue weighted by Crippen LogP contribution is -2.44. The number of carbonyl (C=O) groups is 1. The van der Waals surface area contributed by atoms with Gasteiger partial charge in [0.05, 0.1) is 6.04 Å². The van der Waals surface area contributed by atoms with Crippen LogP contribution >= 0.6 is 0 Å². The highest BCUT2D eigenvalue weighted by atomic mass is 16.1. The minimum atomic E-state index is 0.134. The first-order valence-corrected chi connectivity index (χ1v) is 5.86. The minimum absolute atomic E-state index is 0.134. The van der Waals surface area contributed by atoms with Crippen LogP contribution in [0.1, 0.15) is 47.0 Å². The van der Waals surface area contributed by atoms with E-state index in [1.165, 1.54) is 12.8 Å². The first kappa shape index (κ1) is 11.7. The van der Waals surface area contributed by atoms with Gasteiger partial charge in [0.25, 0.3) is 0 Å². The van der Waals surface area contributed by atoms with E-state index in [-0.39, 0.29) is 6.04 Å². The third-order valence-electron chi connectivity index (χ3n) is 3.42. The highest BCUT2D eigenvalue weighted by Crippen LogP contribution is 2.26. The molecule has 1 aliphatic heterocycles. The Bertz CT molecular complexity index is 200. The molecule has 0 bridgehead atoms. The average molecular weight is 197 g/mol. The lowest BCUT2D eigenvalue weighted by Gasteiger charge is -2.32. The Hall–Kier alpha value is -0.370. The minimum Gasteiger partial charge on any atom is -0.298 e. The van der Waals surface area contributed by atoms with E-state index < -0.39 is 0 Å². The summed E-state index contributed by atoms with van der Waals surface area (Å²) in [6.45, 7) is 9.64. The quantitative estimate of drug-likeness (QED) is 0.690. The maximum Gasteiger partial charge on any atom is 0.149 e. The van der Waals surface area contributed by atoms with Crippen LogP contribution in [-0.4, -0.2) is 29.3 Å². The van der Waals surface area contributed by atoms with Crippen LogP contribution in [0.15, 0.2) is 0 Å². The molecule has 0 aromatic rings. The van der Waals surface area contributed by atoms with Crippen molar-refractivity contribution in [3.63, 3.8) is 0 Å². The SMILES string of the molecule is CCC(=O)C(C)N1CCCC1C(C)C. The van der Waals surface area contributed by atoms with Gasteiger partial charge in [0.15, 0.2) is 0 Å². The van der Waals surface area contributed by atoms with Crippen molar-refractivity contribution in [2.24, 2.45) is 5.92 Å². The molecule has 2 unspecified atom stereocenters. The summed E-state index contributed by atoms with van der Waals surface area (Å²) >= 11 is 0. The van der Waals surface area contributed by atoms with Gasteiger partial charge in [0.2, 0.25) is 0 Å². The summed E-state index contributed by atoms with van der Waals surface area (Å²) in [7, 11) is 0. The Kier molecular flexibility index (Phi) is 4.11. The van der Waals surface area contributed by atoms with E-state index in [1.807, 2.05) is 6.92 Å². The summed E-state index contributed by atoms with van der Waals surface area (Å²) in [5.41, 5.74) is 0. The number of nitrogens with zero attached hydrogens (tertiary/aromatic N) is 1. The number of hydrogen-bond acceptors (Lipinski definition) is 2. The summed E-state index contributed by atoms with van der Waals surface area (Å²) in [4.78, 5) is 14.0. The van der Waals surface area contributed by atoms with Crippen molar-refractivity contribution in [1.82, 2.24) is 4.90 Å². The van der Waals surface area contributed by atoms with Crippen LogP contribution in [0.25, 0.3) is 0 Å². The zero-order valence-electron chi connectivity index (χ0n) is 9.92. The third kappa shape index (κ3) is 2.35. The number of likely N-dealkylation sites (tertiary alicyclic amines) is 1. The monoisotopic (exact) mass is 197 g/mol. The first-order chi connectivity index (χ1) is 6.57. The molecular weight excluding hydrogens is 174 g/mol. The van der Waals surface area contributed by atoms with E-state index >= 15 is 0 Å². The van der Waals surface area contributed by atoms with Crippen molar-refractivity contribution in [3.05, 3.63) is 0 Å². The first-order valence-electron chi connectivity index (χ1n) is 5.86. The van der Waals surface area contributed by atoms with E-state index in [2.05, 4.69) is 25.7 Å². The molecule has 0 aromatic heterocycles. The largest absolute Gasteiger partial charge is 0.298 e. The zero-order valence-corrected chi connectivity index (χ0v) is 9.92. The van der Waals surface area contributed by atoms with Gasteiger partial charge >= 0.3 is 0 Å². The van der Waals surface area contributed by atoms with Crippen molar-refractivity contribution in [3.8, 4) is 0 Å². The van der Waals surface area contributed by atoms with Crippen LogP contribution in [0.5, 0.6) is 0 Å². The van der Waals surface area contributed by atoms with Gasteiger partial charge in [0.1, 0.15) is 5.78 Å². The average Bonchev–Trinajstić information content (AvgIpc) is 2.63. The van der Waals surface area contributed by atoms with Crippen LogP contribution in [0.2, 0.25) is 0 Å². The van der Waals surface area contributed by atoms with Gasteiger partial charge in [0, 0.05) is 12.5 Å². The summed E-state index contributed by atoms with van der Waals surface area (Å²) in [6, 6.07) is 0.760. The Morgan fingerprint density at radius 2 is 2.07 bits per heavy atom.